The Morgan fingerprint density at radius 2 is 2.00 bits per heavy atom. The molecule has 2 nitrogen and oxygen atoms in total. The Bertz CT molecular complexity index is 616. The van der Waals surface area contributed by atoms with E-state index in [9.17, 15) is 9.18 Å². The molecule has 0 heterocycles. The molecule has 0 spiro atoms. The topological polar surface area (TPSA) is 37.3 Å². The fourth-order valence-corrected chi connectivity index (χ4v) is 3.14. The van der Waals surface area contributed by atoms with Crippen molar-refractivity contribution < 1.29 is 14.3 Å². The quantitative estimate of drug-likeness (QED) is 0.827. The summed E-state index contributed by atoms with van der Waals surface area (Å²) in [6.45, 7) is 0. The summed E-state index contributed by atoms with van der Waals surface area (Å²) in [5, 5.41) is 9.11. The molecular formula is C14H10BrFO2S. The highest BCUT2D eigenvalue weighted by molar-refractivity contribution is 9.10. The van der Waals surface area contributed by atoms with Gasteiger partial charge in [-0.05, 0) is 29.8 Å². The molecule has 0 atom stereocenters. The molecule has 0 amide bonds. The lowest BCUT2D eigenvalue weighted by Gasteiger charge is -2.07. The highest BCUT2D eigenvalue weighted by atomic mass is 79.9. The van der Waals surface area contributed by atoms with Crippen molar-refractivity contribution in [2.45, 2.75) is 10.6 Å². The van der Waals surface area contributed by atoms with Crippen LogP contribution in [0.4, 0.5) is 4.39 Å². The van der Waals surface area contributed by atoms with Crippen LogP contribution in [0.3, 0.4) is 0 Å². The van der Waals surface area contributed by atoms with E-state index in [1.807, 2.05) is 0 Å². The molecule has 0 saturated heterocycles. The molecule has 0 aliphatic heterocycles. The average Bonchev–Trinajstić information content (AvgIpc) is 2.37. The van der Waals surface area contributed by atoms with Gasteiger partial charge in [0.2, 0.25) is 0 Å². The largest absolute Gasteiger partial charge is 0.478 e. The van der Waals surface area contributed by atoms with Crippen molar-refractivity contribution in [1.29, 1.82) is 0 Å². The molecule has 0 saturated carbocycles. The van der Waals surface area contributed by atoms with Crippen molar-refractivity contribution in [1.82, 2.24) is 0 Å². The summed E-state index contributed by atoms with van der Waals surface area (Å²) >= 11 is 4.61. The number of thioether (sulfide) groups is 1. The molecule has 98 valence electrons. The Morgan fingerprint density at radius 1 is 1.26 bits per heavy atom. The number of hydrogen-bond acceptors (Lipinski definition) is 2. The Hall–Kier alpha value is -1.33. The number of benzene rings is 2. The zero-order valence-corrected chi connectivity index (χ0v) is 12.2. The van der Waals surface area contributed by atoms with Crippen LogP contribution in [-0.2, 0) is 5.75 Å². The molecule has 19 heavy (non-hydrogen) atoms. The second-order valence-corrected chi connectivity index (χ2v) is 5.76. The number of halogens is 2. The third-order valence-corrected chi connectivity index (χ3v) is 4.11. The highest BCUT2D eigenvalue weighted by Crippen LogP contribution is 2.29. The number of carbonyl (C=O) groups is 1. The first-order chi connectivity index (χ1) is 9.08. The summed E-state index contributed by atoms with van der Waals surface area (Å²) in [7, 11) is 0. The molecule has 1 N–H and O–H groups in total. The monoisotopic (exact) mass is 340 g/mol. The lowest BCUT2D eigenvalue weighted by atomic mass is 10.2. The van der Waals surface area contributed by atoms with E-state index in [4.69, 9.17) is 5.11 Å². The normalized spacial score (nSPS) is 10.4. The van der Waals surface area contributed by atoms with Crippen molar-refractivity contribution in [3.05, 3.63) is 63.9 Å². The van der Waals surface area contributed by atoms with E-state index in [0.717, 1.165) is 4.47 Å². The minimum atomic E-state index is -0.983. The average molecular weight is 341 g/mol. The van der Waals surface area contributed by atoms with Crippen LogP contribution >= 0.6 is 27.7 Å². The predicted octanol–water partition coefficient (Wildman–Crippen LogP) is 4.58. The first-order valence-electron chi connectivity index (χ1n) is 5.47. The predicted molar refractivity (Wildman–Crippen MR) is 77.1 cm³/mol. The van der Waals surface area contributed by atoms with E-state index in [1.165, 1.54) is 23.9 Å². The second kappa shape index (κ2) is 6.21. The van der Waals surface area contributed by atoms with Gasteiger partial charge in [0.25, 0.3) is 0 Å². The zero-order chi connectivity index (χ0) is 13.8. The fourth-order valence-electron chi connectivity index (χ4n) is 1.56. The smallest absolute Gasteiger partial charge is 0.336 e. The van der Waals surface area contributed by atoms with Crippen LogP contribution in [0.25, 0.3) is 0 Å². The minimum absolute atomic E-state index is 0.226. The Labute approximate surface area is 122 Å². The summed E-state index contributed by atoms with van der Waals surface area (Å²) in [6.07, 6.45) is 0. The maximum absolute atomic E-state index is 13.5. The van der Waals surface area contributed by atoms with Crippen LogP contribution < -0.4 is 0 Å². The van der Waals surface area contributed by atoms with Crippen LogP contribution in [0, 0.1) is 5.82 Å². The van der Waals surface area contributed by atoms with Gasteiger partial charge in [-0.25, -0.2) is 9.18 Å². The maximum atomic E-state index is 13.5. The van der Waals surface area contributed by atoms with Gasteiger partial charge in [0.1, 0.15) is 5.82 Å². The maximum Gasteiger partial charge on any atom is 0.336 e. The molecule has 0 aliphatic rings. The van der Waals surface area contributed by atoms with Crippen molar-refractivity contribution in [2.75, 3.05) is 0 Å². The SMILES string of the molecule is O=C(O)c1ccc(Br)cc1SCc1ccccc1F. The molecule has 2 aromatic rings. The number of rotatable bonds is 4. The van der Waals surface area contributed by atoms with E-state index in [2.05, 4.69) is 15.9 Å². The molecule has 0 aliphatic carbocycles. The lowest BCUT2D eigenvalue weighted by Crippen LogP contribution is -1.99. The fraction of sp³-hybridized carbons (Fsp3) is 0.0714. The van der Waals surface area contributed by atoms with Crippen LogP contribution in [0.15, 0.2) is 51.8 Å². The van der Waals surface area contributed by atoms with Crippen LogP contribution in [0.1, 0.15) is 15.9 Å². The van der Waals surface area contributed by atoms with Crippen molar-refractivity contribution in [3.8, 4) is 0 Å². The molecule has 0 aromatic heterocycles. The molecule has 5 heteroatoms. The minimum Gasteiger partial charge on any atom is -0.478 e. The molecule has 0 unspecified atom stereocenters. The summed E-state index contributed by atoms with van der Waals surface area (Å²) in [5.41, 5.74) is 0.786. The standard InChI is InChI=1S/C14H10BrFO2S/c15-10-5-6-11(14(17)18)13(7-10)19-8-9-3-1-2-4-12(9)16/h1-7H,8H2,(H,17,18). The van der Waals surface area contributed by atoms with E-state index >= 15 is 0 Å². The highest BCUT2D eigenvalue weighted by Gasteiger charge is 2.11. The zero-order valence-electron chi connectivity index (χ0n) is 9.77. The van der Waals surface area contributed by atoms with Gasteiger partial charge in [-0.1, -0.05) is 34.1 Å². The summed E-state index contributed by atoms with van der Waals surface area (Å²) in [6, 6.07) is 11.4. The third-order valence-electron chi connectivity index (χ3n) is 2.52. The van der Waals surface area contributed by atoms with E-state index in [1.54, 1.807) is 30.3 Å². The first kappa shape index (κ1) is 14.1. The molecule has 0 radical (unpaired) electrons. The van der Waals surface area contributed by atoms with Gasteiger partial charge in [-0.15, -0.1) is 11.8 Å². The van der Waals surface area contributed by atoms with Crippen LogP contribution in [-0.4, -0.2) is 11.1 Å². The summed E-state index contributed by atoms with van der Waals surface area (Å²) < 4.78 is 14.3. The second-order valence-electron chi connectivity index (χ2n) is 3.83. The van der Waals surface area contributed by atoms with Gasteiger partial charge in [0.05, 0.1) is 5.56 Å². The summed E-state index contributed by atoms with van der Waals surface area (Å²) in [5.74, 6) is -0.867. The van der Waals surface area contributed by atoms with Gasteiger partial charge in [0.15, 0.2) is 0 Å². The Balaban J connectivity index is 2.22. The number of carboxylic acids is 1. The van der Waals surface area contributed by atoms with Gasteiger partial charge in [-0.2, -0.15) is 0 Å². The summed E-state index contributed by atoms with van der Waals surface area (Å²) in [4.78, 5) is 11.7. The van der Waals surface area contributed by atoms with Crippen LogP contribution in [0.2, 0.25) is 0 Å². The number of carboxylic acid groups (broad SMARTS) is 1. The molecule has 2 rings (SSSR count). The van der Waals surface area contributed by atoms with E-state index in [-0.39, 0.29) is 11.4 Å². The number of hydrogen-bond donors (Lipinski definition) is 1. The Morgan fingerprint density at radius 3 is 2.68 bits per heavy atom. The molecule has 2 aromatic carbocycles. The van der Waals surface area contributed by atoms with Crippen molar-refractivity contribution >= 4 is 33.7 Å². The van der Waals surface area contributed by atoms with Gasteiger partial charge in [0, 0.05) is 15.1 Å². The number of aromatic carboxylic acids is 1. The lowest BCUT2D eigenvalue weighted by molar-refractivity contribution is 0.0693. The molecule has 0 bridgehead atoms. The van der Waals surface area contributed by atoms with Crippen molar-refractivity contribution in [3.63, 3.8) is 0 Å². The molecule has 0 fully saturated rings. The molecular weight excluding hydrogens is 331 g/mol. The third kappa shape index (κ3) is 3.58. The van der Waals surface area contributed by atoms with Gasteiger partial charge in [-0.3, -0.25) is 0 Å². The van der Waals surface area contributed by atoms with E-state index in [0.29, 0.717) is 16.2 Å². The van der Waals surface area contributed by atoms with Crippen LogP contribution in [0.5, 0.6) is 0 Å². The Kier molecular flexibility index (Phi) is 4.61. The van der Waals surface area contributed by atoms with Gasteiger partial charge >= 0.3 is 5.97 Å². The van der Waals surface area contributed by atoms with Crippen molar-refractivity contribution in [2.24, 2.45) is 0 Å². The van der Waals surface area contributed by atoms with E-state index < -0.39 is 5.97 Å². The van der Waals surface area contributed by atoms with Gasteiger partial charge < -0.3 is 5.11 Å². The first-order valence-corrected chi connectivity index (χ1v) is 7.25.